The third-order valence-corrected chi connectivity index (χ3v) is 3.40. The molecule has 0 aliphatic carbocycles. The largest absolute Gasteiger partial charge is 0.416 e. The average Bonchev–Trinajstić information content (AvgIpc) is 2.46. The number of alkyl halides is 3. The molecular formula is C17H16F3NO. The van der Waals surface area contributed by atoms with Gasteiger partial charge in [0, 0.05) is 19.2 Å². The number of hydrogen-bond donors (Lipinski definition) is 0. The van der Waals surface area contributed by atoms with Crippen LogP contribution in [0.3, 0.4) is 0 Å². The molecule has 0 radical (unpaired) electrons. The number of nitrogens with zero attached hydrogens (tertiary/aromatic N) is 1. The molecule has 2 aromatic rings. The molecular weight excluding hydrogens is 291 g/mol. The topological polar surface area (TPSA) is 20.3 Å². The van der Waals surface area contributed by atoms with Gasteiger partial charge in [-0.3, -0.25) is 4.79 Å². The van der Waals surface area contributed by atoms with Gasteiger partial charge in [-0.2, -0.15) is 13.2 Å². The lowest BCUT2D eigenvalue weighted by Gasteiger charge is -2.19. The van der Waals surface area contributed by atoms with Crippen LogP contribution in [0.15, 0.2) is 48.5 Å². The maximum absolute atomic E-state index is 12.7. The molecule has 0 fully saturated rings. The van der Waals surface area contributed by atoms with Crippen molar-refractivity contribution < 1.29 is 18.0 Å². The predicted octanol–water partition coefficient (Wildman–Crippen LogP) is 4.29. The minimum Gasteiger partial charge on any atom is -0.337 e. The van der Waals surface area contributed by atoms with Crippen LogP contribution in [0.2, 0.25) is 0 Å². The molecule has 0 spiro atoms. The van der Waals surface area contributed by atoms with E-state index in [0.29, 0.717) is 11.1 Å². The van der Waals surface area contributed by atoms with Crippen molar-refractivity contribution in [3.8, 4) is 0 Å². The summed E-state index contributed by atoms with van der Waals surface area (Å²) in [7, 11) is 1.58. The molecule has 2 aromatic carbocycles. The Bertz CT molecular complexity index is 680. The predicted molar refractivity (Wildman–Crippen MR) is 78.4 cm³/mol. The average molecular weight is 307 g/mol. The zero-order valence-electron chi connectivity index (χ0n) is 12.3. The van der Waals surface area contributed by atoms with E-state index in [1.54, 1.807) is 25.2 Å². The van der Waals surface area contributed by atoms with E-state index in [0.717, 1.165) is 17.7 Å². The minimum atomic E-state index is -4.38. The summed E-state index contributed by atoms with van der Waals surface area (Å²) in [5.41, 5.74) is 1.13. The summed E-state index contributed by atoms with van der Waals surface area (Å²) in [5.74, 6) is -0.212. The van der Waals surface area contributed by atoms with E-state index in [4.69, 9.17) is 0 Å². The Balaban J connectivity index is 2.17. The van der Waals surface area contributed by atoms with Crippen molar-refractivity contribution in [3.63, 3.8) is 0 Å². The van der Waals surface area contributed by atoms with Gasteiger partial charge in [0.2, 0.25) is 0 Å². The second-order valence-corrected chi connectivity index (χ2v) is 5.17. The molecule has 1 amide bonds. The van der Waals surface area contributed by atoms with Gasteiger partial charge < -0.3 is 4.90 Å². The Labute approximate surface area is 127 Å². The normalized spacial score (nSPS) is 11.3. The van der Waals surface area contributed by atoms with Crippen molar-refractivity contribution >= 4 is 5.91 Å². The molecule has 0 saturated heterocycles. The summed E-state index contributed by atoms with van der Waals surface area (Å²) in [6, 6.07) is 12.2. The quantitative estimate of drug-likeness (QED) is 0.828. The molecule has 0 bridgehead atoms. The van der Waals surface area contributed by atoms with Gasteiger partial charge in [-0.15, -0.1) is 0 Å². The van der Waals surface area contributed by atoms with Crippen molar-refractivity contribution in [3.05, 3.63) is 70.8 Å². The Hall–Kier alpha value is -2.30. The van der Waals surface area contributed by atoms with E-state index >= 15 is 0 Å². The first-order valence-corrected chi connectivity index (χ1v) is 6.76. The van der Waals surface area contributed by atoms with Crippen molar-refractivity contribution in [1.29, 1.82) is 0 Å². The fourth-order valence-corrected chi connectivity index (χ4v) is 2.21. The van der Waals surface area contributed by atoms with Gasteiger partial charge in [-0.1, -0.05) is 30.3 Å². The third-order valence-electron chi connectivity index (χ3n) is 3.40. The van der Waals surface area contributed by atoms with Crippen molar-refractivity contribution in [2.75, 3.05) is 7.05 Å². The molecule has 0 aromatic heterocycles. The smallest absolute Gasteiger partial charge is 0.337 e. The molecule has 0 aliphatic heterocycles. The highest BCUT2D eigenvalue weighted by Crippen LogP contribution is 2.29. The lowest BCUT2D eigenvalue weighted by Crippen LogP contribution is -2.27. The van der Waals surface area contributed by atoms with Crippen molar-refractivity contribution in [1.82, 2.24) is 4.90 Å². The van der Waals surface area contributed by atoms with Crippen LogP contribution in [0.25, 0.3) is 0 Å². The number of halogens is 3. The van der Waals surface area contributed by atoms with Gasteiger partial charge in [0.25, 0.3) is 5.91 Å². The van der Waals surface area contributed by atoms with Crippen LogP contribution < -0.4 is 0 Å². The number of rotatable bonds is 3. The summed E-state index contributed by atoms with van der Waals surface area (Å²) < 4.78 is 38.1. The van der Waals surface area contributed by atoms with Gasteiger partial charge in [-0.05, 0) is 36.2 Å². The van der Waals surface area contributed by atoms with Crippen molar-refractivity contribution in [2.45, 2.75) is 19.6 Å². The monoisotopic (exact) mass is 307 g/mol. The van der Waals surface area contributed by atoms with Gasteiger partial charge in [0.1, 0.15) is 0 Å². The molecule has 0 unspecified atom stereocenters. The van der Waals surface area contributed by atoms with E-state index in [-0.39, 0.29) is 12.5 Å². The SMILES string of the molecule is Cc1ccccc1C(=O)N(C)Cc1cccc(C(F)(F)F)c1. The first kappa shape index (κ1) is 16.1. The molecule has 22 heavy (non-hydrogen) atoms. The molecule has 0 aliphatic rings. The lowest BCUT2D eigenvalue weighted by atomic mass is 10.1. The maximum atomic E-state index is 12.7. The third kappa shape index (κ3) is 3.67. The lowest BCUT2D eigenvalue weighted by molar-refractivity contribution is -0.137. The van der Waals surface area contributed by atoms with Crippen LogP contribution in [-0.2, 0) is 12.7 Å². The Morgan fingerprint density at radius 2 is 1.77 bits per heavy atom. The van der Waals surface area contributed by atoms with Gasteiger partial charge in [0.05, 0.1) is 5.56 Å². The highest BCUT2D eigenvalue weighted by molar-refractivity contribution is 5.95. The van der Waals surface area contributed by atoms with Crippen LogP contribution in [0, 0.1) is 6.92 Å². The molecule has 0 atom stereocenters. The van der Waals surface area contributed by atoms with Crippen LogP contribution in [0.1, 0.15) is 27.0 Å². The Morgan fingerprint density at radius 1 is 1.09 bits per heavy atom. The van der Waals surface area contributed by atoms with Gasteiger partial charge in [-0.25, -0.2) is 0 Å². The number of benzene rings is 2. The van der Waals surface area contributed by atoms with E-state index in [1.165, 1.54) is 11.0 Å². The van der Waals surface area contributed by atoms with Crippen LogP contribution in [0.4, 0.5) is 13.2 Å². The Morgan fingerprint density at radius 3 is 2.41 bits per heavy atom. The van der Waals surface area contributed by atoms with E-state index in [1.807, 2.05) is 19.1 Å². The molecule has 2 nitrogen and oxygen atoms in total. The second kappa shape index (κ2) is 6.22. The highest BCUT2D eigenvalue weighted by atomic mass is 19.4. The molecule has 0 saturated carbocycles. The van der Waals surface area contributed by atoms with Crippen molar-refractivity contribution in [2.24, 2.45) is 0 Å². The molecule has 116 valence electrons. The number of carbonyl (C=O) groups is 1. The summed E-state index contributed by atoms with van der Waals surface area (Å²) in [4.78, 5) is 13.8. The summed E-state index contributed by atoms with van der Waals surface area (Å²) >= 11 is 0. The van der Waals surface area contributed by atoms with Gasteiger partial charge in [0.15, 0.2) is 0 Å². The molecule has 2 rings (SSSR count). The number of aryl methyl sites for hydroxylation is 1. The summed E-state index contributed by atoms with van der Waals surface area (Å²) in [6.07, 6.45) is -4.38. The molecule has 0 N–H and O–H groups in total. The number of amides is 1. The first-order chi connectivity index (χ1) is 10.3. The van der Waals surface area contributed by atoms with E-state index < -0.39 is 11.7 Å². The fraction of sp³-hybridized carbons (Fsp3) is 0.235. The van der Waals surface area contributed by atoms with Gasteiger partial charge >= 0.3 is 6.18 Å². The zero-order valence-corrected chi connectivity index (χ0v) is 12.3. The van der Waals surface area contributed by atoms with Crippen LogP contribution in [-0.4, -0.2) is 17.9 Å². The molecule has 5 heteroatoms. The highest BCUT2D eigenvalue weighted by Gasteiger charge is 2.30. The second-order valence-electron chi connectivity index (χ2n) is 5.17. The van der Waals surface area contributed by atoms with E-state index in [9.17, 15) is 18.0 Å². The zero-order chi connectivity index (χ0) is 16.3. The van der Waals surface area contributed by atoms with Crippen LogP contribution in [0.5, 0.6) is 0 Å². The van der Waals surface area contributed by atoms with Crippen LogP contribution >= 0.6 is 0 Å². The summed E-state index contributed by atoms with van der Waals surface area (Å²) in [6.45, 7) is 1.95. The minimum absolute atomic E-state index is 0.122. The first-order valence-electron chi connectivity index (χ1n) is 6.76. The standard InChI is InChI=1S/C17H16F3NO/c1-12-6-3-4-9-15(12)16(22)21(2)11-13-7-5-8-14(10-13)17(18,19)20/h3-10H,11H2,1-2H3. The maximum Gasteiger partial charge on any atom is 0.416 e. The number of hydrogen-bond acceptors (Lipinski definition) is 1. The van der Waals surface area contributed by atoms with E-state index in [2.05, 4.69) is 0 Å². The summed E-state index contributed by atoms with van der Waals surface area (Å²) in [5, 5.41) is 0. The Kier molecular flexibility index (Phi) is 4.54. The molecule has 0 heterocycles. The number of carbonyl (C=O) groups excluding carboxylic acids is 1. The fourth-order valence-electron chi connectivity index (χ4n) is 2.21.